The van der Waals surface area contributed by atoms with Crippen molar-refractivity contribution < 1.29 is 9.53 Å². The van der Waals surface area contributed by atoms with Crippen molar-refractivity contribution in [3.05, 3.63) is 0 Å². The number of nitrogens with zero attached hydrogens (tertiary/aromatic N) is 2. The Morgan fingerprint density at radius 2 is 2.10 bits per heavy atom. The highest BCUT2D eigenvalue weighted by molar-refractivity contribution is 5.82. The highest BCUT2D eigenvalue weighted by Crippen LogP contribution is 2.44. The lowest BCUT2D eigenvalue weighted by atomic mass is 9.75. The third-order valence-electron chi connectivity index (χ3n) is 5.62. The molecule has 3 fully saturated rings. The molecule has 20 heavy (non-hydrogen) atoms. The Kier molecular flexibility index (Phi) is 3.80. The average molecular weight is 280 g/mol. The van der Waals surface area contributed by atoms with Crippen LogP contribution in [0, 0.1) is 17.8 Å². The van der Waals surface area contributed by atoms with Crippen molar-refractivity contribution in [2.75, 3.05) is 39.9 Å². The summed E-state index contributed by atoms with van der Waals surface area (Å²) in [5, 5.41) is 0. The number of likely N-dealkylation sites (tertiary alicyclic amines) is 2. The molecule has 0 aromatic heterocycles. The molecule has 2 saturated heterocycles. The Balaban J connectivity index is 1.54. The number of rotatable bonds is 4. The molecule has 3 aliphatic rings. The molecular formula is C16H28N2O2. The van der Waals surface area contributed by atoms with Crippen LogP contribution in [0.2, 0.25) is 0 Å². The predicted molar refractivity (Wildman–Crippen MR) is 78.4 cm³/mol. The Labute approximate surface area is 122 Å². The van der Waals surface area contributed by atoms with E-state index in [0.717, 1.165) is 39.3 Å². The van der Waals surface area contributed by atoms with Crippen molar-refractivity contribution in [3.8, 4) is 0 Å². The Morgan fingerprint density at radius 3 is 2.70 bits per heavy atom. The fourth-order valence-electron chi connectivity index (χ4n) is 3.93. The molecule has 3 rings (SSSR count). The molecule has 0 N–H and O–H groups in total. The van der Waals surface area contributed by atoms with Gasteiger partial charge in [-0.3, -0.25) is 9.69 Å². The van der Waals surface area contributed by atoms with Gasteiger partial charge in [0.05, 0.1) is 5.54 Å². The second kappa shape index (κ2) is 5.30. The first kappa shape index (κ1) is 14.3. The van der Waals surface area contributed by atoms with Crippen molar-refractivity contribution in [2.45, 2.75) is 38.6 Å². The van der Waals surface area contributed by atoms with Gasteiger partial charge in [-0.15, -0.1) is 0 Å². The topological polar surface area (TPSA) is 32.8 Å². The van der Waals surface area contributed by atoms with Crippen LogP contribution in [-0.4, -0.2) is 61.1 Å². The Bertz CT molecular complexity index is 377. The Morgan fingerprint density at radius 1 is 1.40 bits per heavy atom. The van der Waals surface area contributed by atoms with E-state index in [1.165, 1.54) is 12.8 Å². The summed E-state index contributed by atoms with van der Waals surface area (Å²) in [5.41, 5.74) is 0.244. The lowest BCUT2D eigenvalue weighted by molar-refractivity contribution is -0.152. The van der Waals surface area contributed by atoms with E-state index in [2.05, 4.69) is 30.7 Å². The van der Waals surface area contributed by atoms with Gasteiger partial charge in [0.2, 0.25) is 5.91 Å². The van der Waals surface area contributed by atoms with Crippen LogP contribution in [0.1, 0.15) is 33.1 Å². The summed E-state index contributed by atoms with van der Waals surface area (Å²) in [6.07, 6.45) is 3.52. The van der Waals surface area contributed by atoms with E-state index in [0.29, 0.717) is 23.7 Å². The molecule has 4 heteroatoms. The van der Waals surface area contributed by atoms with Crippen molar-refractivity contribution in [3.63, 3.8) is 0 Å². The van der Waals surface area contributed by atoms with Crippen LogP contribution in [0.4, 0.5) is 0 Å². The minimum atomic E-state index is 0.244. The molecule has 0 aromatic rings. The van der Waals surface area contributed by atoms with Crippen LogP contribution in [0.15, 0.2) is 0 Å². The number of carbonyl (C=O) groups is 1. The molecule has 1 spiro atoms. The van der Waals surface area contributed by atoms with Crippen LogP contribution < -0.4 is 0 Å². The van der Waals surface area contributed by atoms with Crippen molar-refractivity contribution in [2.24, 2.45) is 17.8 Å². The van der Waals surface area contributed by atoms with Crippen molar-refractivity contribution >= 4 is 5.91 Å². The lowest BCUT2D eigenvalue weighted by Gasteiger charge is -2.58. The van der Waals surface area contributed by atoms with Crippen LogP contribution in [0.25, 0.3) is 0 Å². The predicted octanol–water partition coefficient (Wildman–Crippen LogP) is 1.60. The molecular weight excluding hydrogens is 252 g/mol. The molecule has 1 aliphatic carbocycles. The fourth-order valence-corrected chi connectivity index (χ4v) is 3.93. The summed E-state index contributed by atoms with van der Waals surface area (Å²) in [6, 6.07) is 0. The van der Waals surface area contributed by atoms with Gasteiger partial charge in [0.1, 0.15) is 0 Å². The Hall–Kier alpha value is -0.610. The van der Waals surface area contributed by atoms with E-state index in [-0.39, 0.29) is 5.54 Å². The third kappa shape index (κ3) is 2.48. The average Bonchev–Trinajstić information content (AvgIpc) is 3.12. The van der Waals surface area contributed by atoms with Crippen LogP contribution >= 0.6 is 0 Å². The number of carbonyl (C=O) groups excluding carboxylic acids is 1. The maximum Gasteiger partial charge on any atom is 0.226 e. The highest BCUT2D eigenvalue weighted by atomic mass is 16.5. The normalized spacial score (nSPS) is 36.0. The first-order chi connectivity index (χ1) is 9.55. The van der Waals surface area contributed by atoms with Gasteiger partial charge in [-0.1, -0.05) is 6.92 Å². The zero-order valence-electron chi connectivity index (χ0n) is 13.1. The van der Waals surface area contributed by atoms with Crippen LogP contribution in [-0.2, 0) is 9.53 Å². The maximum atomic E-state index is 12.3. The fraction of sp³-hybridized carbons (Fsp3) is 0.938. The summed E-state index contributed by atoms with van der Waals surface area (Å²) in [5.74, 6) is 2.03. The van der Waals surface area contributed by atoms with Crippen LogP contribution in [0.5, 0.6) is 0 Å². The van der Waals surface area contributed by atoms with Crippen molar-refractivity contribution in [1.82, 2.24) is 9.80 Å². The summed E-state index contributed by atoms with van der Waals surface area (Å²) < 4.78 is 5.61. The largest absolute Gasteiger partial charge is 0.381 e. The minimum absolute atomic E-state index is 0.244. The quantitative estimate of drug-likeness (QED) is 0.784. The van der Waals surface area contributed by atoms with Gasteiger partial charge in [0, 0.05) is 32.2 Å². The van der Waals surface area contributed by atoms with Gasteiger partial charge in [-0.25, -0.2) is 0 Å². The van der Waals surface area contributed by atoms with Gasteiger partial charge in [-0.05, 0) is 51.6 Å². The highest BCUT2D eigenvalue weighted by Gasteiger charge is 2.53. The summed E-state index contributed by atoms with van der Waals surface area (Å²) in [4.78, 5) is 16.8. The summed E-state index contributed by atoms with van der Waals surface area (Å²) >= 11 is 0. The molecule has 2 aliphatic heterocycles. The molecule has 1 saturated carbocycles. The maximum absolute atomic E-state index is 12.3. The minimum Gasteiger partial charge on any atom is -0.381 e. The molecule has 0 aromatic carbocycles. The number of likely N-dealkylation sites (N-methyl/N-ethyl adjacent to an activating group) is 1. The molecule has 3 atom stereocenters. The zero-order valence-corrected chi connectivity index (χ0v) is 13.1. The molecule has 0 radical (unpaired) electrons. The summed E-state index contributed by atoms with van der Waals surface area (Å²) in [7, 11) is 2.22. The molecule has 1 amide bonds. The second-order valence-electron chi connectivity index (χ2n) is 7.18. The number of piperidine rings is 1. The number of hydrogen-bond acceptors (Lipinski definition) is 3. The van der Waals surface area contributed by atoms with E-state index in [4.69, 9.17) is 4.74 Å². The third-order valence-corrected chi connectivity index (χ3v) is 5.62. The van der Waals surface area contributed by atoms with Gasteiger partial charge >= 0.3 is 0 Å². The second-order valence-corrected chi connectivity index (χ2v) is 7.18. The lowest BCUT2D eigenvalue weighted by Crippen LogP contribution is -2.72. The first-order valence-corrected chi connectivity index (χ1v) is 8.13. The standard InChI is InChI=1S/C16H28N2O2/c1-4-20-9-13-5-6-17(3)16(8-13)10-18(11-16)15(19)14-7-12(14)2/h12-14H,4-11H2,1-3H3/t12-,13+,14-/m0/s1. The molecule has 0 unspecified atom stereocenters. The zero-order chi connectivity index (χ0) is 14.3. The van der Waals surface area contributed by atoms with Crippen LogP contribution in [0.3, 0.4) is 0 Å². The number of amides is 1. The van der Waals surface area contributed by atoms with Crippen molar-refractivity contribution in [1.29, 1.82) is 0 Å². The summed E-state index contributed by atoms with van der Waals surface area (Å²) in [6.45, 7) is 8.96. The number of hydrogen-bond donors (Lipinski definition) is 0. The van der Waals surface area contributed by atoms with E-state index in [9.17, 15) is 4.79 Å². The van der Waals surface area contributed by atoms with E-state index >= 15 is 0 Å². The molecule has 0 bridgehead atoms. The SMILES string of the molecule is CCOC[C@@H]1CCN(C)C2(C1)CN(C(=O)[C@H]1C[C@@H]1C)C2. The van der Waals surface area contributed by atoms with Gasteiger partial charge in [-0.2, -0.15) is 0 Å². The molecule has 2 heterocycles. The van der Waals surface area contributed by atoms with E-state index in [1.54, 1.807) is 0 Å². The van der Waals surface area contributed by atoms with Gasteiger partial charge < -0.3 is 9.64 Å². The van der Waals surface area contributed by atoms with E-state index < -0.39 is 0 Å². The smallest absolute Gasteiger partial charge is 0.226 e. The molecule has 4 nitrogen and oxygen atoms in total. The van der Waals surface area contributed by atoms with E-state index in [1.807, 2.05) is 0 Å². The number of ether oxygens (including phenoxy) is 1. The van der Waals surface area contributed by atoms with Gasteiger partial charge in [0.25, 0.3) is 0 Å². The molecule has 114 valence electrons. The van der Waals surface area contributed by atoms with Gasteiger partial charge in [0.15, 0.2) is 0 Å². The monoisotopic (exact) mass is 280 g/mol. The first-order valence-electron chi connectivity index (χ1n) is 8.13.